The van der Waals surface area contributed by atoms with Crippen LogP contribution >= 0.6 is 11.3 Å². The number of fused-ring (bicyclic) bond motifs is 1. The van der Waals surface area contributed by atoms with E-state index in [1.54, 1.807) is 11.3 Å². The highest BCUT2D eigenvalue weighted by molar-refractivity contribution is 7.08. The Bertz CT molecular complexity index is 191. The van der Waals surface area contributed by atoms with Gasteiger partial charge in [0.05, 0.1) is 0 Å². The van der Waals surface area contributed by atoms with Gasteiger partial charge >= 0.3 is 1.43 Å². The Balaban J connectivity index is 0.000000500. The van der Waals surface area contributed by atoms with Crippen LogP contribution in [-0.2, 0) is 0 Å². The summed E-state index contributed by atoms with van der Waals surface area (Å²) in [6, 6.07) is 0. The molecule has 9 heavy (non-hydrogen) atoms. The van der Waals surface area contributed by atoms with Crippen LogP contribution in [-0.4, -0.2) is 13.2 Å². The number of ether oxygens (including phenoxy) is 2. The minimum Gasteiger partial charge on any atom is -0.485 e. The minimum atomic E-state index is 0. The summed E-state index contributed by atoms with van der Waals surface area (Å²) < 4.78 is 10.5. The van der Waals surface area contributed by atoms with E-state index in [-0.39, 0.29) is 1.43 Å². The molecule has 3 heteroatoms. The molecule has 0 saturated carbocycles. The molecule has 1 aliphatic rings. The van der Waals surface area contributed by atoms with Gasteiger partial charge in [-0.2, -0.15) is 0 Å². The van der Waals surface area contributed by atoms with Crippen LogP contribution in [0.25, 0.3) is 0 Å². The molecule has 0 radical (unpaired) electrons. The first kappa shape index (κ1) is 5.11. The average molecular weight is 143 g/mol. The largest absolute Gasteiger partial charge is 1.00 e. The molecule has 0 N–H and O–H groups in total. The number of rotatable bonds is 0. The molecule has 0 saturated heterocycles. The zero-order chi connectivity index (χ0) is 6.10. The van der Waals surface area contributed by atoms with Crippen molar-refractivity contribution >= 4 is 11.3 Å². The summed E-state index contributed by atoms with van der Waals surface area (Å²) in [6.45, 7) is 1.37. The maximum absolute atomic E-state index is 5.25. The highest BCUT2D eigenvalue weighted by Crippen LogP contribution is 2.33. The van der Waals surface area contributed by atoms with E-state index in [0.29, 0.717) is 13.2 Å². The molecule has 2 heterocycles. The van der Waals surface area contributed by atoms with Crippen molar-refractivity contribution in [2.75, 3.05) is 13.2 Å². The van der Waals surface area contributed by atoms with E-state index in [1.165, 1.54) is 0 Å². The lowest BCUT2D eigenvalue weighted by atomic mass is 10.5. The summed E-state index contributed by atoms with van der Waals surface area (Å²) in [6.07, 6.45) is 0. The van der Waals surface area contributed by atoms with Gasteiger partial charge in [0, 0.05) is 10.8 Å². The predicted octanol–water partition coefficient (Wildman–Crippen LogP) is 1.63. The fraction of sp³-hybridized carbons (Fsp3) is 0.333. The summed E-state index contributed by atoms with van der Waals surface area (Å²) >= 11 is 1.61. The molecular formula is C6H7O2S+. The predicted molar refractivity (Wildman–Crippen MR) is 36.4 cm³/mol. The van der Waals surface area contributed by atoms with Crippen molar-refractivity contribution in [2.45, 2.75) is 0 Å². The zero-order valence-corrected chi connectivity index (χ0v) is 5.61. The minimum absolute atomic E-state index is 0. The van der Waals surface area contributed by atoms with E-state index < -0.39 is 0 Å². The molecule has 0 aliphatic carbocycles. The van der Waals surface area contributed by atoms with Crippen LogP contribution in [0.4, 0.5) is 0 Å². The van der Waals surface area contributed by atoms with Gasteiger partial charge in [-0.05, 0) is 0 Å². The standard InChI is InChI=1S/C6H6O2S/c1-2-8-6-4-9-3-5(6)7-1/h3-4H,1-2H2/p+1. The third-order valence-electron chi connectivity index (χ3n) is 1.19. The highest BCUT2D eigenvalue weighted by atomic mass is 32.1. The summed E-state index contributed by atoms with van der Waals surface area (Å²) in [5.74, 6) is 1.79. The Morgan fingerprint density at radius 3 is 2.33 bits per heavy atom. The lowest BCUT2D eigenvalue weighted by Gasteiger charge is -2.13. The third kappa shape index (κ3) is 0.772. The Morgan fingerprint density at radius 2 is 1.78 bits per heavy atom. The van der Waals surface area contributed by atoms with Gasteiger partial charge in [0.15, 0.2) is 11.5 Å². The lowest BCUT2D eigenvalue weighted by Crippen LogP contribution is -2.13. The first-order valence-electron chi connectivity index (χ1n) is 2.78. The molecule has 1 aromatic heterocycles. The fourth-order valence-corrected chi connectivity index (χ4v) is 1.47. The van der Waals surface area contributed by atoms with Crippen LogP contribution < -0.4 is 9.47 Å². The lowest BCUT2D eigenvalue weighted by molar-refractivity contribution is 0.173. The summed E-state index contributed by atoms with van der Waals surface area (Å²) in [7, 11) is 0. The van der Waals surface area contributed by atoms with Crippen molar-refractivity contribution in [1.82, 2.24) is 0 Å². The molecule has 2 nitrogen and oxygen atoms in total. The Labute approximate surface area is 58.5 Å². The molecule has 1 aliphatic heterocycles. The monoisotopic (exact) mass is 143 g/mol. The third-order valence-corrected chi connectivity index (χ3v) is 1.89. The smallest absolute Gasteiger partial charge is 0.485 e. The Hall–Kier alpha value is -0.700. The van der Waals surface area contributed by atoms with Gasteiger partial charge < -0.3 is 9.47 Å². The molecule has 0 aromatic carbocycles. The first-order valence-corrected chi connectivity index (χ1v) is 3.73. The molecule has 2 rings (SSSR count). The molecule has 0 atom stereocenters. The van der Waals surface area contributed by atoms with Crippen LogP contribution in [0.3, 0.4) is 0 Å². The molecule has 0 unspecified atom stereocenters. The SMILES string of the molecule is [H+].c1scc2c1OCCO2. The normalized spacial score (nSPS) is 15.6. The van der Waals surface area contributed by atoms with Gasteiger partial charge in [-0.15, -0.1) is 11.3 Å². The number of hydrogen-bond acceptors (Lipinski definition) is 3. The van der Waals surface area contributed by atoms with Crippen LogP contribution in [0.1, 0.15) is 1.43 Å². The second-order valence-electron chi connectivity index (χ2n) is 1.80. The molecule has 0 amide bonds. The number of thiophene rings is 1. The maximum Gasteiger partial charge on any atom is 1.00 e. The van der Waals surface area contributed by atoms with Gasteiger partial charge in [0.2, 0.25) is 0 Å². The molecule has 0 fully saturated rings. The molecular weight excluding hydrogens is 136 g/mol. The zero-order valence-electron chi connectivity index (χ0n) is 5.79. The quantitative estimate of drug-likeness (QED) is 0.549. The van der Waals surface area contributed by atoms with E-state index in [4.69, 9.17) is 9.47 Å². The maximum atomic E-state index is 5.25. The van der Waals surface area contributed by atoms with Crippen LogP contribution in [0.15, 0.2) is 10.8 Å². The Morgan fingerprint density at radius 1 is 1.22 bits per heavy atom. The van der Waals surface area contributed by atoms with Crippen molar-refractivity contribution in [1.29, 1.82) is 0 Å². The van der Waals surface area contributed by atoms with E-state index in [2.05, 4.69) is 0 Å². The molecule has 1 aromatic rings. The summed E-state index contributed by atoms with van der Waals surface area (Å²) in [5.41, 5.74) is 0. The topological polar surface area (TPSA) is 18.5 Å². The van der Waals surface area contributed by atoms with Gasteiger partial charge in [0.1, 0.15) is 13.2 Å². The van der Waals surface area contributed by atoms with Crippen LogP contribution in [0, 0.1) is 0 Å². The van der Waals surface area contributed by atoms with Crippen molar-refractivity contribution in [2.24, 2.45) is 0 Å². The second kappa shape index (κ2) is 1.92. The fourth-order valence-electron chi connectivity index (χ4n) is 0.787. The summed E-state index contributed by atoms with van der Waals surface area (Å²) in [5, 5.41) is 3.91. The Kier molecular flexibility index (Phi) is 1.09. The average Bonchev–Trinajstić information content (AvgIpc) is 2.33. The van der Waals surface area contributed by atoms with Crippen molar-refractivity contribution in [3.63, 3.8) is 0 Å². The van der Waals surface area contributed by atoms with Gasteiger partial charge in [-0.25, -0.2) is 0 Å². The van der Waals surface area contributed by atoms with Gasteiger partial charge in [-0.1, -0.05) is 0 Å². The highest BCUT2D eigenvalue weighted by Gasteiger charge is 2.10. The second-order valence-corrected chi connectivity index (χ2v) is 2.54. The van der Waals surface area contributed by atoms with E-state index >= 15 is 0 Å². The van der Waals surface area contributed by atoms with Crippen molar-refractivity contribution in [3.8, 4) is 11.5 Å². The summed E-state index contributed by atoms with van der Waals surface area (Å²) in [4.78, 5) is 0. The van der Waals surface area contributed by atoms with E-state index in [1.807, 2.05) is 10.8 Å². The molecule has 0 bridgehead atoms. The van der Waals surface area contributed by atoms with E-state index in [9.17, 15) is 0 Å². The first-order chi connectivity index (χ1) is 4.47. The van der Waals surface area contributed by atoms with E-state index in [0.717, 1.165) is 11.5 Å². The van der Waals surface area contributed by atoms with Crippen molar-refractivity contribution in [3.05, 3.63) is 10.8 Å². The molecule has 48 valence electrons. The van der Waals surface area contributed by atoms with Gasteiger partial charge in [0.25, 0.3) is 0 Å². The van der Waals surface area contributed by atoms with Gasteiger partial charge in [-0.3, -0.25) is 0 Å². The number of hydrogen-bond donors (Lipinski definition) is 0. The van der Waals surface area contributed by atoms with Crippen molar-refractivity contribution < 1.29 is 10.9 Å². The van der Waals surface area contributed by atoms with Crippen LogP contribution in [0.5, 0.6) is 11.5 Å². The van der Waals surface area contributed by atoms with Crippen LogP contribution in [0.2, 0.25) is 0 Å². The molecule has 0 spiro atoms.